The molecule has 126 valence electrons. The van der Waals surface area contributed by atoms with Crippen molar-refractivity contribution >= 4 is 18.3 Å². The van der Waals surface area contributed by atoms with Gasteiger partial charge in [-0.15, -0.1) is 22.6 Å². The highest BCUT2D eigenvalue weighted by atomic mass is 35.5. The van der Waals surface area contributed by atoms with Gasteiger partial charge in [0.05, 0.1) is 6.04 Å². The summed E-state index contributed by atoms with van der Waals surface area (Å²) >= 11 is 0. The van der Waals surface area contributed by atoms with Gasteiger partial charge in [0, 0.05) is 25.9 Å². The third-order valence-corrected chi connectivity index (χ3v) is 4.37. The number of amides is 1. The molecule has 0 saturated heterocycles. The zero-order chi connectivity index (χ0) is 15.2. The van der Waals surface area contributed by atoms with Crippen molar-refractivity contribution < 1.29 is 4.79 Å². The summed E-state index contributed by atoms with van der Waals surface area (Å²) in [5, 5.41) is 11.4. The number of aryl methyl sites for hydroxylation is 2. The molecule has 2 heterocycles. The number of nitrogens with one attached hydrogen (secondary N) is 1. The third kappa shape index (κ3) is 4.68. The summed E-state index contributed by atoms with van der Waals surface area (Å²) in [6.45, 7) is 5.73. The first-order valence-corrected chi connectivity index (χ1v) is 8.07. The van der Waals surface area contributed by atoms with Gasteiger partial charge < -0.3 is 15.6 Å². The largest absolute Gasteiger partial charge is 0.355 e. The highest BCUT2D eigenvalue weighted by molar-refractivity contribution is 5.85. The molecular formula is C15H28ClN5O. The number of carbonyl (C=O) groups is 1. The Hall–Kier alpha value is -1.14. The molecule has 0 saturated carbocycles. The van der Waals surface area contributed by atoms with Crippen molar-refractivity contribution in [3.63, 3.8) is 0 Å². The van der Waals surface area contributed by atoms with Gasteiger partial charge in [0.1, 0.15) is 11.6 Å². The van der Waals surface area contributed by atoms with E-state index in [9.17, 15) is 4.79 Å². The molecule has 0 spiro atoms. The summed E-state index contributed by atoms with van der Waals surface area (Å²) in [5.74, 6) is 2.32. The standard InChI is InChI=1S/C15H27N5O.ClH/c1-3-11(2)14(16)15(21)17-9-6-8-13-19-18-12-7-4-5-10-20(12)13;/h11,14H,3-10,16H2,1-2H3,(H,17,21);1H. The number of hydrogen-bond acceptors (Lipinski definition) is 4. The predicted octanol–water partition coefficient (Wildman–Crippen LogP) is 1.46. The second kappa shape index (κ2) is 9.10. The molecule has 3 N–H and O–H groups in total. The number of aromatic nitrogens is 3. The second-order valence-electron chi connectivity index (χ2n) is 5.95. The fraction of sp³-hybridized carbons (Fsp3) is 0.800. The molecule has 0 aliphatic carbocycles. The minimum Gasteiger partial charge on any atom is -0.355 e. The molecule has 2 atom stereocenters. The normalized spacial score (nSPS) is 16.3. The van der Waals surface area contributed by atoms with Gasteiger partial charge in [-0.1, -0.05) is 20.3 Å². The van der Waals surface area contributed by atoms with Crippen molar-refractivity contribution in [1.29, 1.82) is 0 Å². The number of halogens is 1. The SMILES string of the molecule is CCC(C)C(N)C(=O)NCCCc1nnc2n1CCCC2.Cl. The first kappa shape index (κ1) is 18.9. The van der Waals surface area contributed by atoms with Crippen LogP contribution in [0.15, 0.2) is 0 Å². The molecule has 7 heteroatoms. The lowest BCUT2D eigenvalue weighted by molar-refractivity contribution is -0.123. The van der Waals surface area contributed by atoms with E-state index in [4.69, 9.17) is 5.73 Å². The van der Waals surface area contributed by atoms with E-state index in [1.165, 1.54) is 12.8 Å². The summed E-state index contributed by atoms with van der Waals surface area (Å²) in [5.41, 5.74) is 5.90. The smallest absolute Gasteiger partial charge is 0.237 e. The number of carbonyl (C=O) groups excluding carboxylic acids is 1. The van der Waals surface area contributed by atoms with Crippen LogP contribution >= 0.6 is 12.4 Å². The molecule has 0 aromatic carbocycles. The number of nitrogens with zero attached hydrogens (tertiary/aromatic N) is 3. The maximum absolute atomic E-state index is 11.9. The summed E-state index contributed by atoms with van der Waals surface area (Å²) in [4.78, 5) is 11.9. The molecule has 0 bridgehead atoms. The Morgan fingerprint density at radius 2 is 2.18 bits per heavy atom. The Balaban J connectivity index is 0.00000242. The van der Waals surface area contributed by atoms with Gasteiger partial charge in [-0.25, -0.2) is 0 Å². The van der Waals surface area contributed by atoms with Crippen molar-refractivity contribution in [3.05, 3.63) is 11.6 Å². The van der Waals surface area contributed by atoms with Crippen LogP contribution in [0, 0.1) is 5.92 Å². The molecule has 2 unspecified atom stereocenters. The van der Waals surface area contributed by atoms with E-state index in [0.29, 0.717) is 6.54 Å². The van der Waals surface area contributed by atoms with E-state index >= 15 is 0 Å². The molecule has 6 nitrogen and oxygen atoms in total. The van der Waals surface area contributed by atoms with E-state index in [0.717, 1.165) is 43.9 Å². The molecule has 1 aliphatic rings. The molecule has 0 radical (unpaired) electrons. The number of nitrogens with two attached hydrogens (primary N) is 1. The highest BCUT2D eigenvalue weighted by Crippen LogP contribution is 2.15. The lowest BCUT2D eigenvalue weighted by Gasteiger charge is -2.18. The topological polar surface area (TPSA) is 85.8 Å². The first-order valence-electron chi connectivity index (χ1n) is 8.07. The minimum atomic E-state index is -0.407. The number of hydrogen-bond donors (Lipinski definition) is 2. The highest BCUT2D eigenvalue weighted by Gasteiger charge is 2.19. The minimum absolute atomic E-state index is 0. The second-order valence-corrected chi connectivity index (χ2v) is 5.95. The van der Waals surface area contributed by atoms with Crippen LogP contribution in [-0.2, 0) is 24.2 Å². The van der Waals surface area contributed by atoms with Crippen molar-refractivity contribution in [2.75, 3.05) is 6.54 Å². The molecule has 0 fully saturated rings. The fourth-order valence-electron chi connectivity index (χ4n) is 2.64. The van der Waals surface area contributed by atoms with Gasteiger partial charge in [-0.05, 0) is 25.2 Å². The molecule has 22 heavy (non-hydrogen) atoms. The maximum Gasteiger partial charge on any atom is 0.237 e. The van der Waals surface area contributed by atoms with E-state index < -0.39 is 6.04 Å². The zero-order valence-electron chi connectivity index (χ0n) is 13.5. The average Bonchev–Trinajstić information content (AvgIpc) is 2.93. The lowest BCUT2D eigenvalue weighted by Crippen LogP contribution is -2.44. The zero-order valence-corrected chi connectivity index (χ0v) is 14.4. The molecular weight excluding hydrogens is 302 g/mol. The van der Waals surface area contributed by atoms with Crippen LogP contribution in [0.5, 0.6) is 0 Å². The van der Waals surface area contributed by atoms with Crippen LogP contribution in [0.1, 0.15) is 51.2 Å². The Morgan fingerprint density at radius 1 is 1.41 bits per heavy atom. The van der Waals surface area contributed by atoms with Crippen molar-refractivity contribution in [2.24, 2.45) is 11.7 Å². The Morgan fingerprint density at radius 3 is 2.91 bits per heavy atom. The van der Waals surface area contributed by atoms with Crippen LogP contribution < -0.4 is 11.1 Å². The average molecular weight is 330 g/mol. The molecule has 2 rings (SSSR count). The molecule has 1 aromatic heterocycles. The van der Waals surface area contributed by atoms with E-state index in [1.807, 2.05) is 13.8 Å². The van der Waals surface area contributed by atoms with Crippen molar-refractivity contribution in [3.8, 4) is 0 Å². The van der Waals surface area contributed by atoms with Gasteiger partial charge in [0.2, 0.25) is 5.91 Å². The summed E-state index contributed by atoms with van der Waals surface area (Å²) in [6, 6.07) is -0.407. The molecule has 1 aromatic rings. The van der Waals surface area contributed by atoms with Crippen LogP contribution in [-0.4, -0.2) is 33.3 Å². The Labute approximate surface area is 138 Å². The predicted molar refractivity (Wildman–Crippen MR) is 89.0 cm³/mol. The van der Waals surface area contributed by atoms with Crippen LogP contribution in [0.2, 0.25) is 0 Å². The third-order valence-electron chi connectivity index (χ3n) is 4.37. The van der Waals surface area contributed by atoms with E-state index in [-0.39, 0.29) is 24.2 Å². The van der Waals surface area contributed by atoms with Gasteiger partial charge in [-0.2, -0.15) is 0 Å². The monoisotopic (exact) mass is 329 g/mol. The number of rotatable bonds is 7. The number of fused-ring (bicyclic) bond motifs is 1. The van der Waals surface area contributed by atoms with Gasteiger partial charge in [-0.3, -0.25) is 4.79 Å². The molecule has 1 aliphatic heterocycles. The van der Waals surface area contributed by atoms with E-state index in [1.54, 1.807) is 0 Å². The van der Waals surface area contributed by atoms with Crippen LogP contribution in [0.25, 0.3) is 0 Å². The maximum atomic E-state index is 11.9. The van der Waals surface area contributed by atoms with Crippen LogP contribution in [0.4, 0.5) is 0 Å². The van der Waals surface area contributed by atoms with E-state index in [2.05, 4.69) is 20.1 Å². The van der Waals surface area contributed by atoms with Gasteiger partial charge in [0.25, 0.3) is 0 Å². The summed E-state index contributed by atoms with van der Waals surface area (Å²) in [7, 11) is 0. The fourth-order valence-corrected chi connectivity index (χ4v) is 2.64. The van der Waals surface area contributed by atoms with Crippen LogP contribution in [0.3, 0.4) is 0 Å². The Bertz CT molecular complexity index is 476. The summed E-state index contributed by atoms with van der Waals surface area (Å²) in [6.07, 6.45) is 6.09. The Kier molecular flexibility index (Phi) is 7.82. The molecule has 1 amide bonds. The van der Waals surface area contributed by atoms with Gasteiger partial charge >= 0.3 is 0 Å². The first-order chi connectivity index (χ1) is 10.1. The van der Waals surface area contributed by atoms with Crippen molar-refractivity contribution in [1.82, 2.24) is 20.1 Å². The lowest BCUT2D eigenvalue weighted by atomic mass is 9.99. The quantitative estimate of drug-likeness (QED) is 0.741. The summed E-state index contributed by atoms with van der Waals surface area (Å²) < 4.78 is 2.23. The van der Waals surface area contributed by atoms with Crippen molar-refractivity contribution in [2.45, 2.75) is 65.0 Å². The van der Waals surface area contributed by atoms with Gasteiger partial charge in [0.15, 0.2) is 0 Å².